The van der Waals surface area contributed by atoms with Crippen LogP contribution in [0, 0.1) is 0 Å². The van der Waals surface area contributed by atoms with Gasteiger partial charge in [0.1, 0.15) is 11.2 Å². The van der Waals surface area contributed by atoms with E-state index in [1.165, 1.54) is 0 Å². The van der Waals surface area contributed by atoms with Gasteiger partial charge in [-0.3, -0.25) is 0 Å². The standard InChI is InChI=1S/C6H4O.H4Si/c1-2-6-4-3-5(1)7-6;/h1-4H;1H4. The molecule has 0 aliphatic heterocycles. The third-order valence-electron chi connectivity index (χ3n) is 1.06. The summed E-state index contributed by atoms with van der Waals surface area (Å²) < 4.78 is 5.08. The van der Waals surface area contributed by atoms with Crippen molar-refractivity contribution in [3.63, 3.8) is 0 Å². The molecule has 0 N–H and O–H groups in total. The Morgan fingerprint density at radius 2 is 1.25 bits per heavy atom. The Balaban J connectivity index is 0.000000320. The lowest BCUT2D eigenvalue weighted by Gasteiger charge is -1.60. The second-order valence-electron chi connectivity index (χ2n) is 1.57. The Labute approximate surface area is 51.7 Å². The predicted octanol–water partition coefficient (Wildman–Crippen LogP) is 0.419. The highest BCUT2D eigenvalue weighted by Gasteiger charge is 1.91. The SMILES string of the molecule is [SiH4].c1cc2ccc1o2. The Morgan fingerprint density at radius 3 is 1.38 bits per heavy atom. The summed E-state index contributed by atoms with van der Waals surface area (Å²) in [7, 11) is 0. The average molecular weight is 124 g/mol. The summed E-state index contributed by atoms with van der Waals surface area (Å²) in [5.74, 6) is 0. The number of furan rings is 2. The van der Waals surface area contributed by atoms with Crippen molar-refractivity contribution in [3.8, 4) is 0 Å². The van der Waals surface area contributed by atoms with Crippen molar-refractivity contribution in [2.24, 2.45) is 0 Å². The fraction of sp³-hybridized carbons (Fsp3) is 0. The van der Waals surface area contributed by atoms with Crippen LogP contribution in [0.15, 0.2) is 28.7 Å². The highest BCUT2D eigenvalue weighted by Crippen LogP contribution is 2.13. The molecule has 2 aromatic rings. The minimum atomic E-state index is 0. The first-order valence-electron chi connectivity index (χ1n) is 2.23. The lowest BCUT2D eigenvalue weighted by Crippen LogP contribution is -1.43. The van der Waals surface area contributed by atoms with Gasteiger partial charge in [-0.15, -0.1) is 0 Å². The van der Waals surface area contributed by atoms with Crippen LogP contribution in [0.5, 0.6) is 0 Å². The molecular weight excluding hydrogens is 116 g/mol. The molecule has 0 amide bonds. The van der Waals surface area contributed by atoms with E-state index in [1.807, 2.05) is 24.3 Å². The van der Waals surface area contributed by atoms with Gasteiger partial charge in [0.25, 0.3) is 0 Å². The lowest BCUT2D eigenvalue weighted by molar-refractivity contribution is 0.675. The van der Waals surface area contributed by atoms with Crippen LogP contribution >= 0.6 is 0 Å². The molecule has 42 valence electrons. The van der Waals surface area contributed by atoms with E-state index >= 15 is 0 Å². The maximum atomic E-state index is 5.08. The summed E-state index contributed by atoms with van der Waals surface area (Å²) in [4.78, 5) is 0. The van der Waals surface area contributed by atoms with Gasteiger partial charge in [0.15, 0.2) is 0 Å². The van der Waals surface area contributed by atoms with Crippen molar-refractivity contribution in [2.45, 2.75) is 0 Å². The molecule has 0 radical (unpaired) electrons. The third kappa shape index (κ3) is 0.537. The summed E-state index contributed by atoms with van der Waals surface area (Å²) in [6.07, 6.45) is 0. The van der Waals surface area contributed by atoms with E-state index in [4.69, 9.17) is 4.42 Å². The number of fused-ring (bicyclic) bond motifs is 2. The zero-order valence-corrected chi connectivity index (χ0v) is 3.72. The molecule has 0 aliphatic carbocycles. The molecule has 2 heteroatoms. The van der Waals surface area contributed by atoms with Gasteiger partial charge in [0.2, 0.25) is 0 Å². The highest BCUT2D eigenvalue weighted by atomic mass is 28.1. The quantitative estimate of drug-likeness (QED) is 0.464. The molecule has 2 rings (SSSR count). The lowest BCUT2D eigenvalue weighted by atomic mass is 10.4. The Morgan fingerprint density at radius 1 is 0.875 bits per heavy atom. The van der Waals surface area contributed by atoms with Crippen molar-refractivity contribution in [1.82, 2.24) is 0 Å². The van der Waals surface area contributed by atoms with Crippen LogP contribution in [-0.2, 0) is 0 Å². The Hall–Kier alpha value is -0.763. The second-order valence-corrected chi connectivity index (χ2v) is 1.57. The molecule has 8 heavy (non-hydrogen) atoms. The summed E-state index contributed by atoms with van der Waals surface area (Å²) >= 11 is 0. The average Bonchev–Trinajstić information content (AvgIpc) is 2.22. The van der Waals surface area contributed by atoms with E-state index in [1.54, 1.807) is 0 Å². The van der Waals surface area contributed by atoms with Crippen molar-refractivity contribution in [1.29, 1.82) is 0 Å². The van der Waals surface area contributed by atoms with Gasteiger partial charge in [-0.25, -0.2) is 0 Å². The van der Waals surface area contributed by atoms with Gasteiger partial charge in [0.05, 0.1) is 0 Å². The van der Waals surface area contributed by atoms with E-state index in [2.05, 4.69) is 0 Å². The van der Waals surface area contributed by atoms with Gasteiger partial charge in [0, 0.05) is 0 Å². The molecule has 2 bridgehead atoms. The molecule has 0 unspecified atom stereocenters. The zero-order chi connectivity index (χ0) is 4.69. The first-order chi connectivity index (χ1) is 3.45. The fourth-order valence-electron chi connectivity index (χ4n) is 0.712. The Kier molecular flexibility index (Phi) is 1.10. The van der Waals surface area contributed by atoms with Gasteiger partial charge < -0.3 is 4.42 Å². The molecule has 0 atom stereocenters. The predicted molar refractivity (Wildman–Crippen MR) is 38.7 cm³/mol. The number of rotatable bonds is 0. The highest BCUT2D eigenvalue weighted by molar-refractivity contribution is 5.75. The van der Waals surface area contributed by atoms with Crippen molar-refractivity contribution < 1.29 is 4.42 Å². The molecule has 0 saturated carbocycles. The minimum Gasteiger partial charge on any atom is -0.457 e. The summed E-state index contributed by atoms with van der Waals surface area (Å²) in [5.41, 5.74) is 1.94. The molecule has 0 saturated heterocycles. The molecule has 0 aliphatic rings. The normalized spacial score (nSPS) is 9.50. The molecule has 0 spiro atoms. The van der Waals surface area contributed by atoms with Crippen LogP contribution in [0.25, 0.3) is 11.2 Å². The van der Waals surface area contributed by atoms with E-state index in [0.29, 0.717) is 0 Å². The van der Waals surface area contributed by atoms with Crippen LogP contribution in [0.1, 0.15) is 0 Å². The molecule has 0 aromatic carbocycles. The molecule has 2 heterocycles. The maximum Gasteiger partial charge on any atom is 0.127 e. The van der Waals surface area contributed by atoms with E-state index in [-0.39, 0.29) is 11.0 Å². The Bertz CT molecular complexity index is 205. The second kappa shape index (κ2) is 1.63. The van der Waals surface area contributed by atoms with E-state index in [0.717, 1.165) is 11.2 Å². The van der Waals surface area contributed by atoms with Crippen LogP contribution in [-0.4, -0.2) is 11.0 Å². The maximum absolute atomic E-state index is 5.08. The number of hydrogen-bond donors (Lipinski definition) is 0. The van der Waals surface area contributed by atoms with E-state index < -0.39 is 0 Å². The van der Waals surface area contributed by atoms with E-state index in [9.17, 15) is 0 Å². The van der Waals surface area contributed by atoms with Gasteiger partial charge in [-0.05, 0) is 35.2 Å². The van der Waals surface area contributed by atoms with Crippen molar-refractivity contribution in [3.05, 3.63) is 24.3 Å². The topological polar surface area (TPSA) is 13.1 Å². The van der Waals surface area contributed by atoms with Crippen LogP contribution in [0.2, 0.25) is 0 Å². The van der Waals surface area contributed by atoms with Crippen molar-refractivity contribution >= 4 is 22.1 Å². The van der Waals surface area contributed by atoms with Crippen LogP contribution < -0.4 is 0 Å². The van der Waals surface area contributed by atoms with Gasteiger partial charge in [-0.1, -0.05) is 0 Å². The van der Waals surface area contributed by atoms with Gasteiger partial charge >= 0.3 is 0 Å². The largest absolute Gasteiger partial charge is 0.457 e. The first kappa shape index (κ1) is 5.38. The molecular formula is C6H8OSi. The van der Waals surface area contributed by atoms with Crippen LogP contribution in [0.3, 0.4) is 0 Å². The summed E-state index contributed by atoms with van der Waals surface area (Å²) in [6, 6.07) is 7.81. The minimum absolute atomic E-state index is 0. The monoisotopic (exact) mass is 124 g/mol. The van der Waals surface area contributed by atoms with Crippen molar-refractivity contribution in [2.75, 3.05) is 0 Å². The third-order valence-corrected chi connectivity index (χ3v) is 1.06. The number of hydrogen-bond acceptors (Lipinski definition) is 1. The molecule has 0 fully saturated rings. The fourth-order valence-corrected chi connectivity index (χ4v) is 0.712. The molecule has 1 nitrogen and oxygen atoms in total. The summed E-state index contributed by atoms with van der Waals surface area (Å²) in [5, 5.41) is 0. The number of benzene rings is 1. The molecule has 2 aromatic heterocycles. The smallest absolute Gasteiger partial charge is 0.127 e. The summed E-state index contributed by atoms with van der Waals surface area (Å²) in [6.45, 7) is 0. The van der Waals surface area contributed by atoms with Crippen LogP contribution in [0.4, 0.5) is 0 Å². The first-order valence-corrected chi connectivity index (χ1v) is 2.23. The zero-order valence-electron chi connectivity index (χ0n) is 3.72. The van der Waals surface area contributed by atoms with Gasteiger partial charge in [-0.2, -0.15) is 0 Å².